The van der Waals surface area contributed by atoms with Crippen molar-refractivity contribution in [1.82, 2.24) is 14.8 Å². The van der Waals surface area contributed by atoms with Crippen LogP contribution in [0.25, 0.3) is 0 Å². The number of carbonyl (C=O) groups excluding carboxylic acids is 1. The molecule has 6 heteroatoms. The van der Waals surface area contributed by atoms with Crippen LogP contribution in [-0.2, 0) is 4.74 Å². The van der Waals surface area contributed by atoms with Gasteiger partial charge in [0.15, 0.2) is 0 Å². The molecule has 1 aromatic heterocycles. The van der Waals surface area contributed by atoms with Gasteiger partial charge in [0, 0.05) is 51.7 Å². The SMILES string of the molecule is COCCNc1ccnc(C(=O)N2CCN(C)CC2)c1. The van der Waals surface area contributed by atoms with E-state index < -0.39 is 0 Å². The molecule has 6 nitrogen and oxygen atoms in total. The van der Waals surface area contributed by atoms with Gasteiger partial charge in [-0.1, -0.05) is 0 Å². The van der Waals surface area contributed by atoms with E-state index in [2.05, 4.69) is 22.2 Å². The number of amides is 1. The molecule has 2 rings (SSSR count). The molecule has 0 saturated carbocycles. The van der Waals surface area contributed by atoms with Gasteiger partial charge in [-0.25, -0.2) is 0 Å². The van der Waals surface area contributed by atoms with E-state index in [1.54, 1.807) is 19.4 Å². The minimum atomic E-state index is 0.00786. The number of likely N-dealkylation sites (N-methyl/N-ethyl adjacent to an activating group) is 1. The second-order valence-corrected chi connectivity index (χ2v) is 4.94. The number of nitrogens with zero attached hydrogens (tertiary/aromatic N) is 3. The van der Waals surface area contributed by atoms with Crippen LogP contribution in [0.1, 0.15) is 10.5 Å². The second-order valence-electron chi connectivity index (χ2n) is 4.94. The molecule has 1 N–H and O–H groups in total. The first-order valence-electron chi connectivity index (χ1n) is 6.87. The summed E-state index contributed by atoms with van der Waals surface area (Å²) in [6, 6.07) is 3.66. The fourth-order valence-corrected chi connectivity index (χ4v) is 2.13. The van der Waals surface area contributed by atoms with Crippen molar-refractivity contribution < 1.29 is 9.53 Å². The molecule has 2 heterocycles. The van der Waals surface area contributed by atoms with E-state index in [4.69, 9.17) is 4.74 Å². The van der Waals surface area contributed by atoms with Crippen molar-refractivity contribution in [2.45, 2.75) is 0 Å². The molecule has 1 aromatic rings. The van der Waals surface area contributed by atoms with Crippen molar-refractivity contribution in [2.75, 3.05) is 58.8 Å². The van der Waals surface area contributed by atoms with Crippen LogP contribution in [0.4, 0.5) is 5.69 Å². The molecule has 110 valence electrons. The summed E-state index contributed by atoms with van der Waals surface area (Å²) in [6.45, 7) is 4.69. The van der Waals surface area contributed by atoms with Gasteiger partial charge in [-0.2, -0.15) is 0 Å². The number of hydrogen-bond donors (Lipinski definition) is 1. The lowest BCUT2D eigenvalue weighted by atomic mass is 10.2. The normalized spacial score (nSPS) is 16.2. The van der Waals surface area contributed by atoms with Gasteiger partial charge in [-0.05, 0) is 19.2 Å². The Labute approximate surface area is 119 Å². The fraction of sp³-hybridized carbons (Fsp3) is 0.571. The van der Waals surface area contributed by atoms with E-state index in [1.165, 1.54) is 0 Å². The number of ether oxygens (including phenoxy) is 1. The van der Waals surface area contributed by atoms with Crippen molar-refractivity contribution >= 4 is 11.6 Å². The van der Waals surface area contributed by atoms with Crippen molar-refractivity contribution in [1.29, 1.82) is 0 Å². The highest BCUT2D eigenvalue weighted by Gasteiger charge is 2.21. The summed E-state index contributed by atoms with van der Waals surface area (Å²) in [5.41, 5.74) is 1.39. The largest absolute Gasteiger partial charge is 0.383 e. The third kappa shape index (κ3) is 3.91. The Balaban J connectivity index is 1.97. The number of methoxy groups -OCH3 is 1. The molecule has 1 saturated heterocycles. The van der Waals surface area contributed by atoms with Crippen LogP contribution < -0.4 is 5.32 Å². The lowest BCUT2D eigenvalue weighted by Crippen LogP contribution is -2.47. The molecule has 0 radical (unpaired) electrons. The highest BCUT2D eigenvalue weighted by atomic mass is 16.5. The zero-order chi connectivity index (χ0) is 14.4. The maximum Gasteiger partial charge on any atom is 0.272 e. The molecule has 0 atom stereocenters. The first kappa shape index (κ1) is 14.7. The van der Waals surface area contributed by atoms with Gasteiger partial charge in [-0.15, -0.1) is 0 Å². The molecule has 0 aromatic carbocycles. The van der Waals surface area contributed by atoms with Crippen LogP contribution in [0.15, 0.2) is 18.3 Å². The summed E-state index contributed by atoms with van der Waals surface area (Å²) in [6.07, 6.45) is 1.67. The van der Waals surface area contributed by atoms with Crippen LogP contribution in [0, 0.1) is 0 Å². The van der Waals surface area contributed by atoms with Crippen LogP contribution in [0.5, 0.6) is 0 Å². The highest BCUT2D eigenvalue weighted by Crippen LogP contribution is 2.11. The monoisotopic (exact) mass is 278 g/mol. The van der Waals surface area contributed by atoms with E-state index in [1.807, 2.05) is 11.0 Å². The molecule has 1 aliphatic heterocycles. The lowest BCUT2D eigenvalue weighted by Gasteiger charge is -2.32. The third-order valence-electron chi connectivity index (χ3n) is 3.40. The summed E-state index contributed by atoms with van der Waals surface area (Å²) in [5, 5.41) is 3.21. The van der Waals surface area contributed by atoms with Gasteiger partial charge in [-0.3, -0.25) is 9.78 Å². The highest BCUT2D eigenvalue weighted by molar-refractivity contribution is 5.93. The molecule has 1 amide bonds. The number of carbonyl (C=O) groups is 1. The molecular formula is C14H22N4O2. The summed E-state index contributed by atoms with van der Waals surface area (Å²) in [7, 11) is 3.73. The smallest absolute Gasteiger partial charge is 0.272 e. The van der Waals surface area contributed by atoms with Crippen molar-refractivity contribution in [3.05, 3.63) is 24.0 Å². The van der Waals surface area contributed by atoms with E-state index in [0.717, 1.165) is 31.9 Å². The number of rotatable bonds is 5. The Bertz CT molecular complexity index is 445. The predicted molar refractivity (Wildman–Crippen MR) is 78.0 cm³/mol. The van der Waals surface area contributed by atoms with E-state index in [9.17, 15) is 4.79 Å². The molecule has 1 fully saturated rings. The number of nitrogens with one attached hydrogen (secondary N) is 1. The van der Waals surface area contributed by atoms with Gasteiger partial charge in [0.2, 0.25) is 0 Å². The number of pyridine rings is 1. The zero-order valence-corrected chi connectivity index (χ0v) is 12.1. The average molecular weight is 278 g/mol. The van der Waals surface area contributed by atoms with Gasteiger partial charge < -0.3 is 19.9 Å². The lowest BCUT2D eigenvalue weighted by molar-refractivity contribution is 0.0658. The number of piperazine rings is 1. The first-order chi connectivity index (χ1) is 9.70. The first-order valence-corrected chi connectivity index (χ1v) is 6.87. The zero-order valence-electron chi connectivity index (χ0n) is 12.1. The van der Waals surface area contributed by atoms with Gasteiger partial charge in [0.1, 0.15) is 5.69 Å². The molecule has 0 bridgehead atoms. The Kier molecular flexibility index (Phi) is 5.31. The number of aromatic nitrogens is 1. The Hall–Kier alpha value is -1.66. The standard InChI is InChI=1S/C14H22N4O2/c1-17-6-8-18(9-7-17)14(19)13-11-12(3-4-16-13)15-5-10-20-2/h3-4,11H,5-10H2,1-2H3,(H,15,16). The number of hydrogen-bond acceptors (Lipinski definition) is 5. The van der Waals surface area contributed by atoms with Crippen LogP contribution >= 0.6 is 0 Å². The molecule has 0 aliphatic carbocycles. The van der Waals surface area contributed by atoms with Crippen LogP contribution in [0.3, 0.4) is 0 Å². The van der Waals surface area contributed by atoms with Crippen LogP contribution in [-0.4, -0.2) is 74.2 Å². The molecule has 0 spiro atoms. The van der Waals surface area contributed by atoms with Crippen molar-refractivity contribution in [3.8, 4) is 0 Å². The van der Waals surface area contributed by atoms with E-state index >= 15 is 0 Å². The third-order valence-corrected chi connectivity index (χ3v) is 3.40. The Morgan fingerprint density at radius 1 is 1.40 bits per heavy atom. The summed E-state index contributed by atoms with van der Waals surface area (Å²) in [4.78, 5) is 20.7. The second kappa shape index (κ2) is 7.21. The Morgan fingerprint density at radius 3 is 2.85 bits per heavy atom. The Morgan fingerprint density at radius 2 is 2.15 bits per heavy atom. The summed E-state index contributed by atoms with van der Waals surface area (Å²) < 4.78 is 4.99. The van der Waals surface area contributed by atoms with Crippen molar-refractivity contribution in [2.24, 2.45) is 0 Å². The molecule has 0 unspecified atom stereocenters. The topological polar surface area (TPSA) is 57.7 Å². The summed E-state index contributed by atoms with van der Waals surface area (Å²) in [5.74, 6) is 0.00786. The fourth-order valence-electron chi connectivity index (χ4n) is 2.13. The summed E-state index contributed by atoms with van der Waals surface area (Å²) >= 11 is 0. The van der Waals surface area contributed by atoms with Gasteiger partial charge in [0.25, 0.3) is 5.91 Å². The molecule has 1 aliphatic rings. The quantitative estimate of drug-likeness (QED) is 0.796. The van der Waals surface area contributed by atoms with Crippen molar-refractivity contribution in [3.63, 3.8) is 0 Å². The molecule has 20 heavy (non-hydrogen) atoms. The maximum atomic E-state index is 12.4. The minimum absolute atomic E-state index is 0.00786. The van der Waals surface area contributed by atoms with E-state index in [0.29, 0.717) is 18.8 Å². The van der Waals surface area contributed by atoms with Crippen LogP contribution in [0.2, 0.25) is 0 Å². The number of anilines is 1. The minimum Gasteiger partial charge on any atom is -0.383 e. The predicted octanol–water partition coefficient (Wildman–Crippen LogP) is 0.528. The average Bonchev–Trinajstić information content (AvgIpc) is 2.48. The van der Waals surface area contributed by atoms with E-state index in [-0.39, 0.29) is 5.91 Å². The maximum absolute atomic E-state index is 12.4. The van der Waals surface area contributed by atoms with Gasteiger partial charge in [0.05, 0.1) is 6.61 Å². The van der Waals surface area contributed by atoms with Gasteiger partial charge >= 0.3 is 0 Å². The molecular weight excluding hydrogens is 256 g/mol.